The smallest absolute Gasteiger partial charge is 0.0594 e. The van der Waals surface area contributed by atoms with Crippen molar-refractivity contribution in [1.82, 2.24) is 9.80 Å². The molecule has 0 aromatic heterocycles. The third-order valence-corrected chi connectivity index (χ3v) is 7.01. The van der Waals surface area contributed by atoms with Crippen molar-refractivity contribution < 1.29 is 4.74 Å². The van der Waals surface area contributed by atoms with E-state index in [2.05, 4.69) is 25.7 Å². The summed E-state index contributed by atoms with van der Waals surface area (Å²) in [7, 11) is 0. The van der Waals surface area contributed by atoms with Crippen LogP contribution in [-0.2, 0) is 4.74 Å². The SMILES string of the molecule is BrCC1(CN2CCC(N3CCOCC3)C2)CCCCCC1. The first-order chi connectivity index (χ1) is 10.3. The Bertz CT molecular complexity index is 312. The minimum absolute atomic E-state index is 0.552. The summed E-state index contributed by atoms with van der Waals surface area (Å²) in [5, 5.41) is 1.19. The number of likely N-dealkylation sites (tertiary alicyclic amines) is 1. The highest BCUT2D eigenvalue weighted by Crippen LogP contribution is 2.38. The lowest BCUT2D eigenvalue weighted by Crippen LogP contribution is -2.45. The Hall–Kier alpha value is 0.360. The van der Waals surface area contributed by atoms with Gasteiger partial charge in [-0.2, -0.15) is 0 Å². The van der Waals surface area contributed by atoms with Crippen LogP contribution >= 0.6 is 15.9 Å². The Morgan fingerprint density at radius 3 is 2.38 bits per heavy atom. The van der Waals surface area contributed by atoms with Gasteiger partial charge < -0.3 is 9.64 Å². The van der Waals surface area contributed by atoms with E-state index in [1.165, 1.54) is 69.9 Å². The van der Waals surface area contributed by atoms with Gasteiger partial charge in [-0.15, -0.1) is 0 Å². The van der Waals surface area contributed by atoms with E-state index in [-0.39, 0.29) is 0 Å². The number of ether oxygens (including phenoxy) is 1. The van der Waals surface area contributed by atoms with Gasteiger partial charge in [0, 0.05) is 37.6 Å². The molecule has 1 unspecified atom stereocenters. The van der Waals surface area contributed by atoms with E-state index in [0.717, 1.165) is 32.3 Å². The molecule has 0 bridgehead atoms. The minimum Gasteiger partial charge on any atom is -0.379 e. The molecular weight excluding hydrogens is 328 g/mol. The van der Waals surface area contributed by atoms with Crippen LogP contribution in [0.1, 0.15) is 44.9 Å². The van der Waals surface area contributed by atoms with Gasteiger partial charge in [-0.25, -0.2) is 0 Å². The van der Waals surface area contributed by atoms with Gasteiger partial charge in [0.1, 0.15) is 0 Å². The zero-order valence-electron chi connectivity index (χ0n) is 13.4. The van der Waals surface area contributed by atoms with Crippen molar-refractivity contribution in [3.05, 3.63) is 0 Å². The van der Waals surface area contributed by atoms with Crippen LogP contribution in [0.25, 0.3) is 0 Å². The molecule has 4 heteroatoms. The van der Waals surface area contributed by atoms with E-state index in [1.807, 2.05) is 0 Å². The molecule has 0 amide bonds. The largest absolute Gasteiger partial charge is 0.379 e. The number of morpholine rings is 1. The fraction of sp³-hybridized carbons (Fsp3) is 1.00. The molecule has 3 rings (SSSR count). The number of nitrogens with zero attached hydrogens (tertiary/aromatic N) is 2. The zero-order chi connectivity index (χ0) is 14.5. The van der Waals surface area contributed by atoms with Crippen LogP contribution in [0.15, 0.2) is 0 Å². The van der Waals surface area contributed by atoms with Crippen LogP contribution in [0.3, 0.4) is 0 Å². The number of hydrogen-bond donors (Lipinski definition) is 0. The molecule has 0 aromatic carbocycles. The molecule has 1 atom stereocenters. The normalized spacial score (nSPS) is 32.1. The lowest BCUT2D eigenvalue weighted by atomic mass is 9.82. The molecule has 3 aliphatic rings. The molecule has 2 heterocycles. The molecule has 3 fully saturated rings. The summed E-state index contributed by atoms with van der Waals surface area (Å²) in [4.78, 5) is 5.42. The monoisotopic (exact) mass is 358 g/mol. The minimum atomic E-state index is 0.552. The first kappa shape index (κ1) is 16.2. The van der Waals surface area contributed by atoms with Crippen molar-refractivity contribution in [1.29, 1.82) is 0 Å². The first-order valence-corrected chi connectivity index (χ1v) is 10.0. The van der Waals surface area contributed by atoms with Crippen LogP contribution in [0.5, 0.6) is 0 Å². The lowest BCUT2D eigenvalue weighted by Gasteiger charge is -2.36. The Morgan fingerprint density at radius 2 is 1.71 bits per heavy atom. The molecular formula is C17H31BrN2O. The molecule has 0 radical (unpaired) electrons. The first-order valence-electron chi connectivity index (χ1n) is 8.91. The summed E-state index contributed by atoms with van der Waals surface area (Å²) < 4.78 is 5.49. The predicted octanol–water partition coefficient (Wildman–Crippen LogP) is 3.13. The Labute approximate surface area is 138 Å². The van der Waals surface area contributed by atoms with Crippen LogP contribution in [0, 0.1) is 5.41 Å². The molecule has 0 aromatic rings. The highest BCUT2D eigenvalue weighted by atomic mass is 79.9. The highest BCUT2D eigenvalue weighted by Gasteiger charge is 2.36. The van der Waals surface area contributed by atoms with Gasteiger partial charge in [0.25, 0.3) is 0 Å². The zero-order valence-corrected chi connectivity index (χ0v) is 15.0. The molecule has 3 nitrogen and oxygen atoms in total. The van der Waals surface area contributed by atoms with Crippen molar-refractivity contribution in [2.75, 3.05) is 51.3 Å². The van der Waals surface area contributed by atoms with E-state index in [1.54, 1.807) is 0 Å². The number of alkyl halides is 1. The molecule has 21 heavy (non-hydrogen) atoms. The third-order valence-electron chi connectivity index (χ3n) is 5.82. The lowest BCUT2D eigenvalue weighted by molar-refractivity contribution is 0.0176. The summed E-state index contributed by atoms with van der Waals surface area (Å²) in [6.45, 7) is 8.05. The summed E-state index contributed by atoms with van der Waals surface area (Å²) >= 11 is 3.85. The van der Waals surface area contributed by atoms with Crippen molar-refractivity contribution in [2.45, 2.75) is 51.0 Å². The number of halogens is 1. The van der Waals surface area contributed by atoms with Crippen LogP contribution in [0.2, 0.25) is 0 Å². The van der Waals surface area contributed by atoms with E-state index in [4.69, 9.17) is 4.74 Å². The Kier molecular flexibility index (Phi) is 6.00. The molecule has 0 N–H and O–H groups in total. The average Bonchev–Trinajstić information content (AvgIpc) is 2.86. The average molecular weight is 359 g/mol. The topological polar surface area (TPSA) is 15.7 Å². The van der Waals surface area contributed by atoms with Gasteiger partial charge in [0.05, 0.1) is 13.2 Å². The van der Waals surface area contributed by atoms with Crippen LogP contribution in [-0.4, -0.2) is 67.1 Å². The van der Waals surface area contributed by atoms with Crippen molar-refractivity contribution in [2.24, 2.45) is 5.41 Å². The van der Waals surface area contributed by atoms with Crippen LogP contribution < -0.4 is 0 Å². The fourth-order valence-corrected chi connectivity index (χ4v) is 5.22. The van der Waals surface area contributed by atoms with Crippen molar-refractivity contribution in [3.63, 3.8) is 0 Å². The van der Waals surface area contributed by atoms with Gasteiger partial charge in [-0.3, -0.25) is 4.90 Å². The number of hydrogen-bond acceptors (Lipinski definition) is 3. The third kappa shape index (κ3) is 4.21. The van der Waals surface area contributed by atoms with E-state index >= 15 is 0 Å². The molecule has 122 valence electrons. The van der Waals surface area contributed by atoms with Crippen molar-refractivity contribution >= 4 is 15.9 Å². The van der Waals surface area contributed by atoms with Crippen molar-refractivity contribution in [3.8, 4) is 0 Å². The second-order valence-electron chi connectivity index (χ2n) is 7.37. The van der Waals surface area contributed by atoms with Gasteiger partial charge in [0.15, 0.2) is 0 Å². The van der Waals surface area contributed by atoms with Crippen LogP contribution in [0.4, 0.5) is 0 Å². The van der Waals surface area contributed by atoms with E-state index in [0.29, 0.717) is 5.41 Å². The maximum absolute atomic E-state index is 5.49. The second-order valence-corrected chi connectivity index (χ2v) is 7.93. The highest BCUT2D eigenvalue weighted by molar-refractivity contribution is 9.09. The fourth-order valence-electron chi connectivity index (χ4n) is 4.48. The molecule has 0 spiro atoms. The molecule has 2 saturated heterocycles. The van der Waals surface area contributed by atoms with Gasteiger partial charge in [0.2, 0.25) is 0 Å². The molecule has 1 aliphatic carbocycles. The number of rotatable bonds is 4. The molecule has 2 aliphatic heterocycles. The van der Waals surface area contributed by atoms with Gasteiger partial charge in [-0.1, -0.05) is 41.6 Å². The second kappa shape index (κ2) is 7.76. The molecule has 1 saturated carbocycles. The summed E-state index contributed by atoms with van der Waals surface area (Å²) in [5.41, 5.74) is 0.552. The maximum Gasteiger partial charge on any atom is 0.0594 e. The predicted molar refractivity (Wildman–Crippen MR) is 91.2 cm³/mol. The Morgan fingerprint density at radius 1 is 1.00 bits per heavy atom. The standard InChI is InChI=1S/C17H31BrN2O/c18-14-17(6-3-1-2-4-7-17)15-19-8-5-16(13-19)20-9-11-21-12-10-20/h16H,1-15H2. The summed E-state index contributed by atoms with van der Waals surface area (Å²) in [6.07, 6.45) is 9.99. The van der Waals surface area contributed by atoms with Gasteiger partial charge >= 0.3 is 0 Å². The summed E-state index contributed by atoms with van der Waals surface area (Å²) in [6, 6.07) is 0.784. The van der Waals surface area contributed by atoms with E-state index < -0.39 is 0 Å². The van der Waals surface area contributed by atoms with Gasteiger partial charge in [-0.05, 0) is 31.2 Å². The van der Waals surface area contributed by atoms with E-state index in [9.17, 15) is 0 Å². The Balaban J connectivity index is 1.52. The summed E-state index contributed by atoms with van der Waals surface area (Å²) in [5.74, 6) is 0. The maximum atomic E-state index is 5.49. The quantitative estimate of drug-likeness (QED) is 0.567.